The van der Waals surface area contributed by atoms with Gasteiger partial charge in [-0.3, -0.25) is 4.79 Å². The van der Waals surface area contributed by atoms with Crippen LogP contribution in [0.4, 0.5) is 0 Å². The lowest BCUT2D eigenvalue weighted by atomic mass is 9.37. The van der Waals surface area contributed by atoms with Crippen molar-refractivity contribution >= 4 is 11.9 Å². The molecule has 0 aromatic heterocycles. The molecule has 0 saturated heterocycles. The summed E-state index contributed by atoms with van der Waals surface area (Å²) in [5.74, 6) is -2.46. The summed E-state index contributed by atoms with van der Waals surface area (Å²) in [5.41, 5.74) is 19.3. The molecule has 4 rings (SSSR count). The molecule has 4 fully saturated rings. The summed E-state index contributed by atoms with van der Waals surface area (Å²) in [4.78, 5) is 24.7. The average Bonchev–Trinajstić information content (AvgIpc) is 3.08. The third-order valence-electron chi connectivity index (χ3n) is 10.8. The minimum atomic E-state index is -1.12. The molecule has 0 spiro atoms. The summed E-state index contributed by atoms with van der Waals surface area (Å²) in [7, 11) is 0. The quantitative estimate of drug-likeness (QED) is 0.179. The highest BCUT2D eigenvalue weighted by Crippen LogP contribution is 2.69. The number of esters is 1. The van der Waals surface area contributed by atoms with E-state index >= 15 is 0 Å². The third kappa shape index (κ3) is 4.01. The molecule has 4 aliphatic carbocycles. The number of aliphatic hydroxyl groups is 2. The maximum atomic E-state index is 12.5. The number of aliphatic carboxylic acids is 1. The van der Waals surface area contributed by atoms with Gasteiger partial charge in [-0.05, 0) is 80.8 Å². The summed E-state index contributed by atoms with van der Waals surface area (Å²) < 4.78 is 5.76. The fourth-order valence-corrected chi connectivity index (χ4v) is 8.81. The Labute approximate surface area is 225 Å². The van der Waals surface area contributed by atoms with E-state index in [4.69, 9.17) is 21.9 Å². The second-order valence-electron chi connectivity index (χ2n) is 13.0. The zero-order valence-corrected chi connectivity index (χ0v) is 23.2. The lowest BCUT2D eigenvalue weighted by Crippen LogP contribution is -2.82. The highest BCUT2D eigenvalue weighted by Gasteiger charge is 2.74. The van der Waals surface area contributed by atoms with Crippen LogP contribution >= 0.6 is 0 Å². The standard InChI is InChI=1S/C29H45N3O6/c1-15(2)7-6-8-17(25(36)37)22-18-13-20(35)23-26(4)10-9-19(34)24(30)29(26,32)12-11-28(23,31)27(18,5)14-21(22)38-16(3)33/h6-8,18-21,23-24,34-35H,9-14,30-32H2,1-5H3,(H,36,37)/b8-6-,22-17-/t18-,19+,20+,21-,23-,24+,26+,27-,28+,29+/m0/s1. The first-order valence-corrected chi connectivity index (χ1v) is 13.7. The Bertz CT molecular complexity index is 1100. The van der Waals surface area contributed by atoms with Crippen molar-refractivity contribution in [3.8, 4) is 0 Å². The molecule has 0 aliphatic heterocycles. The molecule has 9 heteroatoms. The molecule has 9 nitrogen and oxygen atoms in total. The number of carboxylic acids is 1. The van der Waals surface area contributed by atoms with E-state index in [-0.39, 0.29) is 12.0 Å². The Kier molecular flexibility index (Phi) is 7.28. The number of carbonyl (C=O) groups is 2. The number of fused-ring (bicyclic) bond motifs is 5. The molecule has 10 atom stereocenters. The predicted molar refractivity (Wildman–Crippen MR) is 144 cm³/mol. The Balaban J connectivity index is 1.88. The second-order valence-corrected chi connectivity index (χ2v) is 13.0. The molecule has 0 aromatic rings. The van der Waals surface area contributed by atoms with Crippen molar-refractivity contribution in [2.24, 2.45) is 39.9 Å². The highest BCUT2D eigenvalue weighted by molar-refractivity contribution is 5.91. The van der Waals surface area contributed by atoms with E-state index in [2.05, 4.69) is 0 Å². The molecule has 9 N–H and O–H groups in total. The smallest absolute Gasteiger partial charge is 0.335 e. The molecule has 0 radical (unpaired) electrons. The summed E-state index contributed by atoms with van der Waals surface area (Å²) >= 11 is 0. The van der Waals surface area contributed by atoms with Gasteiger partial charge in [-0.15, -0.1) is 0 Å². The topological polar surface area (TPSA) is 182 Å². The SMILES string of the molecule is CC(=O)O[C@H]1C[C@@]2(C)[C@@H](C[C@@H](O)[C@@H]3[C@]2(N)CC[C@@]2(N)[C@H](N)[C@H](O)CC[C@]32C)/C1=C(\C=C/C=C(C)C)C(=O)O. The van der Waals surface area contributed by atoms with Crippen LogP contribution in [-0.4, -0.2) is 62.7 Å². The number of allylic oxidation sites excluding steroid dienone is 3. The van der Waals surface area contributed by atoms with Gasteiger partial charge in [-0.2, -0.15) is 0 Å². The summed E-state index contributed by atoms with van der Waals surface area (Å²) in [6.45, 7) is 9.23. The molecule has 38 heavy (non-hydrogen) atoms. The molecule has 212 valence electrons. The normalized spacial score (nSPS) is 47.5. The van der Waals surface area contributed by atoms with Crippen LogP contribution in [0.2, 0.25) is 0 Å². The van der Waals surface area contributed by atoms with Crippen LogP contribution in [0.3, 0.4) is 0 Å². The Morgan fingerprint density at radius 3 is 2.21 bits per heavy atom. The first-order valence-electron chi connectivity index (χ1n) is 13.7. The Morgan fingerprint density at radius 1 is 1.00 bits per heavy atom. The van der Waals surface area contributed by atoms with Crippen LogP contribution < -0.4 is 17.2 Å². The zero-order chi connectivity index (χ0) is 28.4. The van der Waals surface area contributed by atoms with Gasteiger partial charge in [0.05, 0.1) is 17.8 Å². The highest BCUT2D eigenvalue weighted by atomic mass is 16.5. The van der Waals surface area contributed by atoms with Gasteiger partial charge in [0, 0.05) is 30.0 Å². The van der Waals surface area contributed by atoms with Crippen LogP contribution in [-0.2, 0) is 14.3 Å². The van der Waals surface area contributed by atoms with E-state index in [1.54, 1.807) is 12.2 Å². The fourth-order valence-electron chi connectivity index (χ4n) is 8.81. The van der Waals surface area contributed by atoms with Gasteiger partial charge >= 0.3 is 11.9 Å². The van der Waals surface area contributed by atoms with Gasteiger partial charge in [0.2, 0.25) is 0 Å². The van der Waals surface area contributed by atoms with Crippen molar-refractivity contribution < 1.29 is 29.6 Å². The van der Waals surface area contributed by atoms with Crippen LogP contribution in [0.15, 0.2) is 34.9 Å². The van der Waals surface area contributed by atoms with Crippen molar-refractivity contribution in [2.75, 3.05) is 0 Å². The van der Waals surface area contributed by atoms with Gasteiger partial charge in [0.1, 0.15) is 6.10 Å². The number of aliphatic hydroxyl groups excluding tert-OH is 2. The van der Waals surface area contributed by atoms with E-state index in [1.165, 1.54) is 6.92 Å². The van der Waals surface area contributed by atoms with Crippen LogP contribution in [0, 0.1) is 22.7 Å². The predicted octanol–water partition coefficient (Wildman–Crippen LogP) is 1.91. The summed E-state index contributed by atoms with van der Waals surface area (Å²) in [6, 6.07) is -0.643. The lowest BCUT2D eigenvalue weighted by Gasteiger charge is -2.71. The first kappa shape index (κ1) is 29.0. The van der Waals surface area contributed by atoms with Gasteiger partial charge in [-0.25, -0.2) is 4.79 Å². The first-order chi connectivity index (χ1) is 17.5. The number of carboxylic acid groups (broad SMARTS) is 1. The number of carbonyl (C=O) groups excluding carboxylic acids is 1. The van der Waals surface area contributed by atoms with Gasteiger partial charge in [0.25, 0.3) is 0 Å². The Morgan fingerprint density at radius 2 is 1.63 bits per heavy atom. The molecule has 0 bridgehead atoms. The molecular weight excluding hydrogens is 486 g/mol. The zero-order valence-electron chi connectivity index (χ0n) is 23.2. The second kappa shape index (κ2) is 9.55. The van der Waals surface area contributed by atoms with E-state index < -0.39 is 70.0 Å². The molecule has 0 aromatic carbocycles. The molecule has 0 heterocycles. The number of hydrogen-bond acceptors (Lipinski definition) is 8. The van der Waals surface area contributed by atoms with Crippen molar-refractivity contribution in [2.45, 2.75) is 109 Å². The summed E-state index contributed by atoms with van der Waals surface area (Å²) in [5, 5.41) is 32.6. The van der Waals surface area contributed by atoms with Gasteiger partial charge in [-0.1, -0.05) is 31.6 Å². The largest absolute Gasteiger partial charge is 0.478 e. The van der Waals surface area contributed by atoms with E-state index in [0.717, 1.165) is 5.57 Å². The van der Waals surface area contributed by atoms with Crippen molar-refractivity contribution in [3.63, 3.8) is 0 Å². The van der Waals surface area contributed by atoms with E-state index in [0.29, 0.717) is 37.7 Å². The maximum absolute atomic E-state index is 12.5. The van der Waals surface area contributed by atoms with Crippen molar-refractivity contribution in [1.82, 2.24) is 0 Å². The van der Waals surface area contributed by atoms with E-state index in [1.807, 2.05) is 33.8 Å². The summed E-state index contributed by atoms with van der Waals surface area (Å²) in [6.07, 6.45) is 5.25. The average molecular weight is 532 g/mol. The van der Waals surface area contributed by atoms with Gasteiger partial charge in [0.15, 0.2) is 0 Å². The lowest BCUT2D eigenvalue weighted by molar-refractivity contribution is -0.201. The number of ether oxygens (including phenoxy) is 1. The maximum Gasteiger partial charge on any atom is 0.335 e. The van der Waals surface area contributed by atoms with Crippen molar-refractivity contribution in [1.29, 1.82) is 0 Å². The van der Waals surface area contributed by atoms with E-state index in [9.17, 15) is 24.9 Å². The third-order valence-corrected chi connectivity index (χ3v) is 10.8. The minimum Gasteiger partial charge on any atom is -0.478 e. The molecule has 4 aliphatic rings. The van der Waals surface area contributed by atoms with Crippen LogP contribution in [0.25, 0.3) is 0 Å². The number of hydrogen-bond donors (Lipinski definition) is 6. The fraction of sp³-hybridized carbons (Fsp3) is 0.724. The Hall–Kier alpha value is -2.04. The molecular formula is C29H45N3O6. The molecule has 0 unspecified atom stereocenters. The van der Waals surface area contributed by atoms with Gasteiger partial charge < -0.3 is 37.3 Å². The van der Waals surface area contributed by atoms with Crippen molar-refractivity contribution in [3.05, 3.63) is 34.9 Å². The molecule has 4 saturated carbocycles. The minimum absolute atomic E-state index is 0.0646. The monoisotopic (exact) mass is 531 g/mol. The molecule has 0 amide bonds. The number of rotatable bonds is 4. The number of nitrogens with two attached hydrogens (primary N) is 3. The van der Waals surface area contributed by atoms with Crippen LogP contribution in [0.5, 0.6) is 0 Å². The van der Waals surface area contributed by atoms with Crippen LogP contribution in [0.1, 0.15) is 73.1 Å².